The third-order valence-corrected chi connectivity index (χ3v) is 2.68. The molecular formula is C10H19N5O. The zero-order chi connectivity index (χ0) is 12.2. The van der Waals surface area contributed by atoms with Crippen LogP contribution in [0.15, 0.2) is 6.07 Å². The second kappa shape index (κ2) is 4.98. The summed E-state index contributed by atoms with van der Waals surface area (Å²) in [5.41, 5.74) is 10.3. The van der Waals surface area contributed by atoms with Gasteiger partial charge in [-0.25, -0.2) is 0 Å². The molecule has 0 atom stereocenters. The molecular weight excluding hydrogens is 206 g/mol. The molecule has 6 heteroatoms. The first-order chi connectivity index (χ1) is 7.49. The largest absolute Gasteiger partial charge is 0.388 e. The van der Waals surface area contributed by atoms with Crippen molar-refractivity contribution in [2.75, 3.05) is 23.3 Å². The fourth-order valence-electron chi connectivity index (χ4n) is 1.33. The van der Waals surface area contributed by atoms with E-state index in [-0.39, 0.29) is 5.95 Å². The number of hydrogen-bond acceptors (Lipinski definition) is 6. The number of anilines is 3. The van der Waals surface area contributed by atoms with Crippen molar-refractivity contribution in [1.29, 1.82) is 0 Å². The van der Waals surface area contributed by atoms with Crippen LogP contribution in [0.5, 0.6) is 0 Å². The molecule has 1 heterocycles. The highest BCUT2D eigenvalue weighted by Crippen LogP contribution is 2.16. The molecule has 6 nitrogen and oxygen atoms in total. The van der Waals surface area contributed by atoms with E-state index < -0.39 is 5.60 Å². The quantitative estimate of drug-likeness (QED) is 0.584. The van der Waals surface area contributed by atoms with Crippen molar-refractivity contribution in [3.8, 4) is 0 Å². The van der Waals surface area contributed by atoms with Gasteiger partial charge in [0.15, 0.2) is 0 Å². The summed E-state index contributed by atoms with van der Waals surface area (Å²) in [6.45, 7) is 4.29. The summed E-state index contributed by atoms with van der Waals surface area (Å²) < 4.78 is 0. The number of rotatable bonds is 5. The lowest BCUT2D eigenvalue weighted by Crippen LogP contribution is -2.35. The molecule has 0 spiro atoms. The van der Waals surface area contributed by atoms with Crippen LogP contribution >= 0.6 is 0 Å². The fraction of sp³-hybridized carbons (Fsp3) is 0.600. The van der Waals surface area contributed by atoms with Crippen molar-refractivity contribution >= 4 is 17.6 Å². The number of nitrogens with one attached hydrogen (secondary N) is 1. The first-order valence-corrected chi connectivity index (χ1v) is 5.35. The van der Waals surface area contributed by atoms with Crippen molar-refractivity contribution in [3.63, 3.8) is 0 Å². The lowest BCUT2D eigenvalue weighted by molar-refractivity contribution is 0.0456. The van der Waals surface area contributed by atoms with Crippen LogP contribution in [0, 0.1) is 0 Å². The predicted octanol–water partition coefficient (Wildman–Crippen LogP) is 0.604. The van der Waals surface area contributed by atoms with Crippen LogP contribution < -0.4 is 16.8 Å². The zero-order valence-electron chi connectivity index (χ0n) is 9.70. The van der Waals surface area contributed by atoms with E-state index in [1.807, 2.05) is 13.8 Å². The highest BCUT2D eigenvalue weighted by molar-refractivity contribution is 5.48. The highest BCUT2D eigenvalue weighted by Gasteiger charge is 2.21. The van der Waals surface area contributed by atoms with Gasteiger partial charge in [-0.05, 0) is 12.8 Å². The van der Waals surface area contributed by atoms with E-state index in [9.17, 15) is 5.11 Å². The van der Waals surface area contributed by atoms with Crippen molar-refractivity contribution in [3.05, 3.63) is 6.07 Å². The summed E-state index contributed by atoms with van der Waals surface area (Å²) in [7, 11) is 0. The molecule has 0 fully saturated rings. The van der Waals surface area contributed by atoms with Crippen LogP contribution in [0.2, 0.25) is 0 Å². The molecule has 0 aliphatic rings. The molecule has 16 heavy (non-hydrogen) atoms. The van der Waals surface area contributed by atoms with Gasteiger partial charge in [-0.15, -0.1) is 0 Å². The molecule has 0 aliphatic heterocycles. The van der Waals surface area contributed by atoms with Gasteiger partial charge in [0.25, 0.3) is 0 Å². The molecule has 0 unspecified atom stereocenters. The first kappa shape index (κ1) is 12.5. The number of nitrogens with two attached hydrogens (primary N) is 2. The Balaban J connectivity index is 2.67. The number of aromatic nitrogens is 2. The second-order valence-electron chi connectivity index (χ2n) is 3.82. The smallest absolute Gasteiger partial charge is 0.223 e. The SMILES string of the molecule is CCC(O)(CC)CNc1cc(N)nc(N)n1. The summed E-state index contributed by atoms with van der Waals surface area (Å²) in [6.07, 6.45) is 1.35. The Morgan fingerprint density at radius 1 is 1.31 bits per heavy atom. The maximum atomic E-state index is 10.1. The Labute approximate surface area is 95.1 Å². The Kier molecular flexibility index (Phi) is 3.89. The molecule has 1 aromatic heterocycles. The molecule has 0 saturated heterocycles. The topological polar surface area (TPSA) is 110 Å². The van der Waals surface area contributed by atoms with Crippen molar-refractivity contribution in [2.45, 2.75) is 32.3 Å². The monoisotopic (exact) mass is 225 g/mol. The van der Waals surface area contributed by atoms with Crippen LogP contribution in [0.3, 0.4) is 0 Å². The van der Waals surface area contributed by atoms with Crippen LogP contribution in [0.1, 0.15) is 26.7 Å². The number of hydrogen-bond donors (Lipinski definition) is 4. The van der Waals surface area contributed by atoms with Gasteiger partial charge in [0, 0.05) is 12.6 Å². The molecule has 0 bridgehead atoms. The lowest BCUT2D eigenvalue weighted by atomic mass is 9.98. The van der Waals surface area contributed by atoms with E-state index in [0.717, 1.165) is 0 Å². The standard InChI is InChI=1S/C10H19N5O/c1-3-10(16,4-2)6-13-8-5-7(11)14-9(12)15-8/h5,16H,3-4,6H2,1-2H3,(H5,11,12,13,14,15). The molecule has 1 rings (SSSR count). The van der Waals surface area contributed by atoms with Crippen molar-refractivity contribution < 1.29 is 5.11 Å². The Morgan fingerprint density at radius 2 is 1.94 bits per heavy atom. The second-order valence-corrected chi connectivity index (χ2v) is 3.82. The van der Waals surface area contributed by atoms with Gasteiger partial charge in [-0.3, -0.25) is 0 Å². The van der Waals surface area contributed by atoms with E-state index in [0.29, 0.717) is 31.0 Å². The van der Waals surface area contributed by atoms with Crippen molar-refractivity contribution in [1.82, 2.24) is 9.97 Å². The Bertz CT molecular complexity index is 331. The van der Waals surface area contributed by atoms with Gasteiger partial charge in [0.05, 0.1) is 5.60 Å². The third kappa shape index (κ3) is 3.23. The van der Waals surface area contributed by atoms with E-state index in [2.05, 4.69) is 15.3 Å². The summed E-state index contributed by atoms with van der Waals surface area (Å²) in [5.74, 6) is 0.968. The minimum Gasteiger partial charge on any atom is -0.388 e. The molecule has 0 amide bonds. The van der Waals surface area contributed by atoms with Crippen LogP contribution in [0.25, 0.3) is 0 Å². The van der Waals surface area contributed by atoms with Gasteiger partial charge in [-0.2, -0.15) is 9.97 Å². The summed E-state index contributed by atoms with van der Waals surface area (Å²) in [4.78, 5) is 7.73. The average molecular weight is 225 g/mol. The molecule has 90 valence electrons. The molecule has 0 aromatic carbocycles. The Hall–Kier alpha value is -1.56. The Morgan fingerprint density at radius 3 is 2.44 bits per heavy atom. The van der Waals surface area contributed by atoms with Crippen LogP contribution in [-0.4, -0.2) is 27.2 Å². The van der Waals surface area contributed by atoms with E-state index in [1.54, 1.807) is 6.07 Å². The normalized spacial score (nSPS) is 11.4. The number of aliphatic hydroxyl groups is 1. The van der Waals surface area contributed by atoms with Gasteiger partial charge < -0.3 is 21.9 Å². The maximum Gasteiger partial charge on any atom is 0.223 e. The average Bonchev–Trinajstić information content (AvgIpc) is 2.25. The molecule has 6 N–H and O–H groups in total. The number of nitrogen functional groups attached to an aromatic ring is 2. The van der Waals surface area contributed by atoms with Gasteiger partial charge in [0.1, 0.15) is 11.6 Å². The summed E-state index contributed by atoms with van der Waals surface area (Å²) >= 11 is 0. The van der Waals surface area contributed by atoms with E-state index >= 15 is 0 Å². The van der Waals surface area contributed by atoms with Gasteiger partial charge in [-0.1, -0.05) is 13.8 Å². The molecule has 0 aliphatic carbocycles. The zero-order valence-corrected chi connectivity index (χ0v) is 9.70. The predicted molar refractivity (Wildman–Crippen MR) is 64.9 cm³/mol. The lowest BCUT2D eigenvalue weighted by Gasteiger charge is -2.25. The van der Waals surface area contributed by atoms with Crippen LogP contribution in [-0.2, 0) is 0 Å². The summed E-state index contributed by atoms with van der Waals surface area (Å²) in [5, 5.41) is 13.1. The third-order valence-electron chi connectivity index (χ3n) is 2.68. The minimum absolute atomic E-state index is 0.124. The molecule has 0 radical (unpaired) electrons. The highest BCUT2D eigenvalue weighted by atomic mass is 16.3. The van der Waals surface area contributed by atoms with Crippen LogP contribution in [0.4, 0.5) is 17.6 Å². The minimum atomic E-state index is -0.728. The first-order valence-electron chi connectivity index (χ1n) is 5.35. The summed E-state index contributed by atoms with van der Waals surface area (Å²) in [6, 6.07) is 1.59. The van der Waals surface area contributed by atoms with E-state index in [4.69, 9.17) is 11.5 Å². The fourth-order valence-corrected chi connectivity index (χ4v) is 1.33. The van der Waals surface area contributed by atoms with Gasteiger partial charge in [0.2, 0.25) is 5.95 Å². The van der Waals surface area contributed by atoms with Crippen molar-refractivity contribution in [2.24, 2.45) is 0 Å². The van der Waals surface area contributed by atoms with Gasteiger partial charge >= 0.3 is 0 Å². The maximum absolute atomic E-state index is 10.1. The number of nitrogens with zero attached hydrogens (tertiary/aromatic N) is 2. The molecule has 0 saturated carbocycles. The van der Waals surface area contributed by atoms with E-state index in [1.165, 1.54) is 0 Å². The molecule has 1 aromatic rings.